The van der Waals surface area contributed by atoms with Gasteiger partial charge in [-0.1, -0.05) is 6.07 Å². The second-order valence-electron chi connectivity index (χ2n) is 9.97. The minimum Gasteiger partial charge on any atom is -0.387 e. The minimum absolute atomic E-state index is 0.496. The number of pyridine rings is 2. The Balaban J connectivity index is 1.34. The molecule has 1 unspecified atom stereocenters. The average molecular weight is 477 g/mol. The fourth-order valence-corrected chi connectivity index (χ4v) is 4.88. The van der Waals surface area contributed by atoms with E-state index in [1.165, 1.54) is 12.0 Å². The van der Waals surface area contributed by atoms with Gasteiger partial charge in [-0.15, -0.1) is 0 Å². The molecule has 35 heavy (non-hydrogen) atoms. The smallest absolute Gasteiger partial charge is 0.229 e. The Hall–Kier alpha value is -2.88. The zero-order valence-electron chi connectivity index (χ0n) is 21.0. The van der Waals surface area contributed by atoms with Crippen molar-refractivity contribution in [2.24, 2.45) is 0 Å². The van der Waals surface area contributed by atoms with Crippen LogP contribution in [-0.2, 0) is 6.54 Å². The molecule has 2 fully saturated rings. The SMILES string of the molecule is CC(O)c1cc2cnc(Nc3ccc(CN4CCN(C)[C@@H](C)C4)cn3)nc2c(N2CCCCC2)n1. The summed E-state index contributed by atoms with van der Waals surface area (Å²) in [6, 6.07) is 6.56. The molecule has 2 N–H and O–H groups in total. The van der Waals surface area contributed by atoms with Crippen LogP contribution >= 0.6 is 0 Å². The molecule has 0 radical (unpaired) electrons. The van der Waals surface area contributed by atoms with Crippen molar-refractivity contribution in [3.8, 4) is 0 Å². The van der Waals surface area contributed by atoms with Gasteiger partial charge in [-0.3, -0.25) is 4.90 Å². The lowest BCUT2D eigenvalue weighted by Crippen LogP contribution is -2.49. The van der Waals surface area contributed by atoms with E-state index in [9.17, 15) is 5.11 Å². The first-order chi connectivity index (χ1) is 17.0. The molecule has 0 aromatic carbocycles. The van der Waals surface area contributed by atoms with E-state index in [1.54, 1.807) is 13.1 Å². The molecule has 3 aromatic rings. The molecule has 2 aliphatic heterocycles. The summed E-state index contributed by atoms with van der Waals surface area (Å²) >= 11 is 0. The topological polar surface area (TPSA) is 93.5 Å². The van der Waals surface area contributed by atoms with Crippen LogP contribution in [0.1, 0.15) is 50.5 Å². The molecular formula is C26H36N8O. The summed E-state index contributed by atoms with van der Waals surface area (Å²) in [6.45, 7) is 10.1. The van der Waals surface area contributed by atoms with Gasteiger partial charge in [0.25, 0.3) is 0 Å². The number of hydrogen-bond donors (Lipinski definition) is 2. The maximum absolute atomic E-state index is 10.2. The summed E-state index contributed by atoms with van der Waals surface area (Å²) in [7, 11) is 2.19. The largest absolute Gasteiger partial charge is 0.387 e. The number of hydrogen-bond acceptors (Lipinski definition) is 9. The highest BCUT2D eigenvalue weighted by Gasteiger charge is 2.21. The van der Waals surface area contributed by atoms with Gasteiger partial charge in [0.15, 0.2) is 5.82 Å². The van der Waals surface area contributed by atoms with Crippen molar-refractivity contribution in [1.82, 2.24) is 29.7 Å². The fourth-order valence-electron chi connectivity index (χ4n) is 4.88. The van der Waals surface area contributed by atoms with Crippen LogP contribution in [0.2, 0.25) is 0 Å². The summed E-state index contributed by atoms with van der Waals surface area (Å²) < 4.78 is 0. The number of anilines is 3. The molecule has 2 saturated heterocycles. The van der Waals surface area contributed by atoms with Gasteiger partial charge < -0.3 is 20.2 Å². The Kier molecular flexibility index (Phi) is 7.08. The van der Waals surface area contributed by atoms with Gasteiger partial charge in [0, 0.05) is 63.1 Å². The van der Waals surface area contributed by atoms with E-state index in [4.69, 9.17) is 9.97 Å². The lowest BCUT2D eigenvalue weighted by Gasteiger charge is -2.37. The zero-order valence-corrected chi connectivity index (χ0v) is 21.0. The highest BCUT2D eigenvalue weighted by atomic mass is 16.3. The van der Waals surface area contributed by atoms with Gasteiger partial charge in [0.05, 0.1) is 11.8 Å². The lowest BCUT2D eigenvalue weighted by molar-refractivity contribution is 0.0999. The third-order valence-corrected chi connectivity index (χ3v) is 7.17. The highest BCUT2D eigenvalue weighted by molar-refractivity contribution is 5.89. The number of piperazine rings is 1. The van der Waals surface area contributed by atoms with E-state index in [2.05, 4.69) is 50.0 Å². The minimum atomic E-state index is -0.641. The second-order valence-corrected chi connectivity index (χ2v) is 9.97. The van der Waals surface area contributed by atoms with Gasteiger partial charge in [0.2, 0.25) is 5.95 Å². The Labute approximate surface area is 207 Å². The molecule has 2 atom stereocenters. The zero-order chi connectivity index (χ0) is 24.4. The van der Waals surface area contributed by atoms with Crippen molar-refractivity contribution in [3.05, 3.63) is 41.9 Å². The number of aromatic nitrogens is 4. The Morgan fingerprint density at radius 1 is 1.06 bits per heavy atom. The maximum atomic E-state index is 10.2. The standard InChI is InChI=1S/C26H36N8O/c1-18-16-33(12-11-32(18)3)17-20-7-8-23(27-14-20)30-26-28-15-21-13-22(19(2)35)29-25(24(21)31-26)34-9-5-4-6-10-34/h7-8,13-15,18-19,35H,4-6,9-12,16-17H2,1-3H3,(H,27,28,30,31)/t18-,19?/m0/s1. The number of piperidine rings is 1. The van der Waals surface area contributed by atoms with Crippen molar-refractivity contribution in [2.75, 3.05) is 50.0 Å². The quantitative estimate of drug-likeness (QED) is 0.555. The Morgan fingerprint density at radius 2 is 1.89 bits per heavy atom. The molecule has 0 bridgehead atoms. The number of likely N-dealkylation sites (N-methyl/N-ethyl adjacent to an activating group) is 1. The highest BCUT2D eigenvalue weighted by Crippen LogP contribution is 2.29. The first kappa shape index (κ1) is 23.8. The predicted molar refractivity (Wildman–Crippen MR) is 139 cm³/mol. The van der Waals surface area contributed by atoms with Crippen LogP contribution in [0, 0.1) is 0 Å². The van der Waals surface area contributed by atoms with E-state index in [0.29, 0.717) is 23.5 Å². The van der Waals surface area contributed by atoms with Crippen molar-refractivity contribution in [1.29, 1.82) is 0 Å². The number of aliphatic hydroxyl groups is 1. The number of nitrogens with one attached hydrogen (secondary N) is 1. The number of nitrogens with zero attached hydrogens (tertiary/aromatic N) is 7. The van der Waals surface area contributed by atoms with Crippen LogP contribution in [0.3, 0.4) is 0 Å². The van der Waals surface area contributed by atoms with Crippen molar-refractivity contribution in [2.45, 2.75) is 51.8 Å². The molecule has 0 aliphatic carbocycles. The first-order valence-electron chi connectivity index (χ1n) is 12.7. The van der Waals surface area contributed by atoms with Gasteiger partial charge in [-0.05, 0) is 57.9 Å². The average Bonchev–Trinajstić information content (AvgIpc) is 2.87. The van der Waals surface area contributed by atoms with Gasteiger partial charge >= 0.3 is 0 Å². The molecule has 3 aromatic heterocycles. The van der Waals surface area contributed by atoms with Crippen LogP contribution < -0.4 is 10.2 Å². The number of fused-ring (bicyclic) bond motifs is 1. The summed E-state index contributed by atoms with van der Waals surface area (Å²) in [6.07, 6.45) is 6.61. The Bertz CT molecular complexity index is 1150. The molecule has 5 rings (SSSR count). The van der Waals surface area contributed by atoms with E-state index >= 15 is 0 Å². The summed E-state index contributed by atoms with van der Waals surface area (Å²) in [5, 5.41) is 14.3. The molecule has 186 valence electrons. The molecule has 9 nitrogen and oxygen atoms in total. The van der Waals surface area contributed by atoms with Crippen molar-refractivity contribution < 1.29 is 5.11 Å². The monoisotopic (exact) mass is 476 g/mol. The lowest BCUT2D eigenvalue weighted by atomic mass is 10.1. The Morgan fingerprint density at radius 3 is 2.60 bits per heavy atom. The van der Waals surface area contributed by atoms with Crippen molar-refractivity contribution >= 4 is 28.5 Å². The van der Waals surface area contributed by atoms with Gasteiger partial charge in [-0.2, -0.15) is 0 Å². The van der Waals surface area contributed by atoms with Crippen LogP contribution in [0.15, 0.2) is 30.6 Å². The van der Waals surface area contributed by atoms with E-state index in [1.807, 2.05) is 18.3 Å². The molecule has 0 amide bonds. The van der Waals surface area contributed by atoms with Crippen LogP contribution in [0.5, 0.6) is 0 Å². The van der Waals surface area contributed by atoms with Crippen molar-refractivity contribution in [3.63, 3.8) is 0 Å². The third-order valence-electron chi connectivity index (χ3n) is 7.17. The number of rotatable bonds is 6. The molecule has 5 heterocycles. The summed E-state index contributed by atoms with van der Waals surface area (Å²) in [4.78, 5) is 25.9. The predicted octanol–water partition coefficient (Wildman–Crippen LogP) is 3.34. The second kappa shape index (κ2) is 10.4. The van der Waals surface area contributed by atoms with E-state index in [0.717, 1.165) is 68.8 Å². The first-order valence-corrected chi connectivity index (χ1v) is 12.7. The van der Waals surface area contributed by atoms with Crippen LogP contribution in [0.25, 0.3) is 10.9 Å². The molecule has 9 heteroatoms. The molecular weight excluding hydrogens is 440 g/mol. The van der Waals surface area contributed by atoms with E-state index in [-0.39, 0.29) is 0 Å². The normalized spacial score (nSPS) is 20.8. The van der Waals surface area contributed by atoms with Crippen LogP contribution in [0.4, 0.5) is 17.6 Å². The van der Waals surface area contributed by atoms with E-state index < -0.39 is 6.10 Å². The molecule has 2 aliphatic rings. The number of aliphatic hydroxyl groups excluding tert-OH is 1. The van der Waals surface area contributed by atoms with Gasteiger partial charge in [0.1, 0.15) is 11.3 Å². The van der Waals surface area contributed by atoms with Crippen LogP contribution in [-0.4, -0.2) is 80.7 Å². The molecule has 0 spiro atoms. The third kappa shape index (κ3) is 5.52. The van der Waals surface area contributed by atoms with Gasteiger partial charge in [-0.25, -0.2) is 19.9 Å². The maximum Gasteiger partial charge on any atom is 0.229 e. The molecule has 0 saturated carbocycles. The summed E-state index contributed by atoms with van der Waals surface area (Å²) in [5.74, 6) is 2.04. The fraction of sp³-hybridized carbons (Fsp3) is 0.538. The summed E-state index contributed by atoms with van der Waals surface area (Å²) in [5.41, 5.74) is 2.65.